The summed E-state index contributed by atoms with van der Waals surface area (Å²) in [5.41, 5.74) is 0. The molecule has 0 bridgehead atoms. The second-order valence-electron chi connectivity index (χ2n) is 4.17. The number of amides is 1. The number of thiophene rings is 1. The van der Waals surface area contributed by atoms with Gasteiger partial charge in [-0.25, -0.2) is 0 Å². The quantitative estimate of drug-likeness (QED) is 0.834. The van der Waals surface area contributed by atoms with Gasteiger partial charge in [0.2, 0.25) is 5.91 Å². The van der Waals surface area contributed by atoms with Gasteiger partial charge in [0.15, 0.2) is 10.6 Å². The van der Waals surface area contributed by atoms with Crippen LogP contribution in [0.25, 0.3) is 10.7 Å². The summed E-state index contributed by atoms with van der Waals surface area (Å²) < 4.78 is 2.22. The van der Waals surface area contributed by atoms with Crippen LogP contribution >= 0.6 is 23.6 Å². The Hall–Kier alpha value is -1.47. The summed E-state index contributed by atoms with van der Waals surface area (Å²) in [6.07, 6.45) is 0.910. The molecule has 2 aromatic rings. The molecule has 5 nitrogen and oxygen atoms in total. The number of rotatable bonds is 5. The summed E-state index contributed by atoms with van der Waals surface area (Å²) in [4.78, 5) is 13.0. The van der Waals surface area contributed by atoms with Crippen molar-refractivity contribution < 1.29 is 4.79 Å². The minimum absolute atomic E-state index is 0.0443. The molecular weight excluding hydrogens is 280 g/mol. The lowest BCUT2D eigenvalue weighted by Crippen LogP contribution is -2.31. The normalized spacial score (nSPS) is 12.3. The van der Waals surface area contributed by atoms with Gasteiger partial charge in [-0.3, -0.25) is 14.5 Å². The lowest BCUT2D eigenvalue weighted by molar-refractivity contribution is -0.123. The molecule has 7 heteroatoms. The average Bonchev–Trinajstić information content (AvgIpc) is 3.03. The highest BCUT2D eigenvalue weighted by Gasteiger charge is 2.20. The first-order chi connectivity index (χ1) is 9.15. The third-order valence-electron chi connectivity index (χ3n) is 2.76. The van der Waals surface area contributed by atoms with Crippen LogP contribution in [0.3, 0.4) is 0 Å². The summed E-state index contributed by atoms with van der Waals surface area (Å²) in [5.74, 6) is 0.663. The van der Waals surface area contributed by atoms with Gasteiger partial charge < -0.3 is 5.32 Å². The average molecular weight is 296 g/mol. The van der Waals surface area contributed by atoms with Crippen molar-refractivity contribution in [2.45, 2.75) is 26.3 Å². The van der Waals surface area contributed by atoms with E-state index in [2.05, 4.69) is 15.5 Å². The van der Waals surface area contributed by atoms with E-state index in [0.29, 0.717) is 17.1 Å². The smallest absolute Gasteiger partial charge is 0.242 e. The van der Waals surface area contributed by atoms with E-state index in [0.717, 1.165) is 11.3 Å². The summed E-state index contributed by atoms with van der Waals surface area (Å²) in [6.45, 7) is 4.52. The Balaban J connectivity index is 2.32. The molecule has 0 saturated carbocycles. The molecule has 2 N–H and O–H groups in total. The van der Waals surface area contributed by atoms with Crippen LogP contribution in [0, 0.1) is 4.77 Å². The van der Waals surface area contributed by atoms with Gasteiger partial charge >= 0.3 is 0 Å². The van der Waals surface area contributed by atoms with Crippen LogP contribution in [0.4, 0.5) is 0 Å². The van der Waals surface area contributed by atoms with Crippen molar-refractivity contribution in [3.63, 3.8) is 0 Å². The molecule has 2 heterocycles. The van der Waals surface area contributed by atoms with Gasteiger partial charge in [0.25, 0.3) is 0 Å². The van der Waals surface area contributed by atoms with Crippen molar-refractivity contribution in [3.8, 4) is 10.7 Å². The lowest BCUT2D eigenvalue weighted by Gasteiger charge is -2.14. The Labute approximate surface area is 120 Å². The van der Waals surface area contributed by atoms with E-state index in [9.17, 15) is 4.79 Å². The van der Waals surface area contributed by atoms with Crippen LogP contribution in [-0.4, -0.2) is 27.2 Å². The van der Waals surface area contributed by atoms with Gasteiger partial charge in [-0.15, -0.1) is 11.3 Å². The zero-order valence-corrected chi connectivity index (χ0v) is 12.5. The van der Waals surface area contributed by atoms with E-state index in [1.54, 1.807) is 15.9 Å². The second kappa shape index (κ2) is 6.12. The molecule has 0 saturated heterocycles. The number of nitrogens with zero attached hydrogens (tertiary/aromatic N) is 2. The Kier molecular flexibility index (Phi) is 4.49. The molecule has 0 unspecified atom stereocenters. The molecule has 0 fully saturated rings. The first kappa shape index (κ1) is 14.0. The van der Waals surface area contributed by atoms with Crippen molar-refractivity contribution in [1.82, 2.24) is 20.1 Å². The van der Waals surface area contributed by atoms with E-state index in [1.807, 2.05) is 31.4 Å². The molecule has 2 rings (SSSR count). The highest BCUT2D eigenvalue weighted by atomic mass is 32.1. The van der Waals surface area contributed by atoms with E-state index in [4.69, 9.17) is 12.2 Å². The summed E-state index contributed by atoms with van der Waals surface area (Å²) in [6, 6.07) is 3.53. The molecule has 1 amide bonds. The maximum Gasteiger partial charge on any atom is 0.242 e. The zero-order chi connectivity index (χ0) is 13.8. The molecular formula is C12H16N4OS2. The van der Waals surface area contributed by atoms with E-state index < -0.39 is 0 Å². The molecule has 0 radical (unpaired) electrons. The fourth-order valence-electron chi connectivity index (χ4n) is 1.76. The zero-order valence-electron chi connectivity index (χ0n) is 10.8. The molecule has 2 aromatic heterocycles. The first-order valence-electron chi connectivity index (χ1n) is 6.13. The molecule has 19 heavy (non-hydrogen) atoms. The molecule has 0 aliphatic carbocycles. The van der Waals surface area contributed by atoms with Gasteiger partial charge in [-0.2, -0.15) is 5.10 Å². The topological polar surface area (TPSA) is 62.7 Å². The van der Waals surface area contributed by atoms with Crippen molar-refractivity contribution in [1.29, 1.82) is 0 Å². The van der Waals surface area contributed by atoms with Crippen LogP contribution in [0.1, 0.15) is 26.3 Å². The van der Waals surface area contributed by atoms with Gasteiger partial charge in [0, 0.05) is 6.54 Å². The predicted molar refractivity (Wildman–Crippen MR) is 78.7 cm³/mol. The molecule has 102 valence electrons. The van der Waals surface area contributed by atoms with E-state index >= 15 is 0 Å². The number of H-pyrrole nitrogens is 1. The minimum Gasteiger partial charge on any atom is -0.354 e. The molecule has 1 atom stereocenters. The van der Waals surface area contributed by atoms with Gasteiger partial charge in [0.05, 0.1) is 4.88 Å². The molecule has 0 aliphatic rings. The van der Waals surface area contributed by atoms with Gasteiger partial charge in [-0.1, -0.05) is 13.0 Å². The van der Waals surface area contributed by atoms with E-state index in [-0.39, 0.29) is 11.9 Å². The van der Waals surface area contributed by atoms with Crippen LogP contribution in [0.5, 0.6) is 0 Å². The van der Waals surface area contributed by atoms with Crippen molar-refractivity contribution in [3.05, 3.63) is 22.3 Å². The fraction of sp³-hybridized carbons (Fsp3) is 0.417. The van der Waals surface area contributed by atoms with Crippen LogP contribution in [0.15, 0.2) is 17.5 Å². The summed E-state index contributed by atoms with van der Waals surface area (Å²) in [7, 11) is 0. The third kappa shape index (κ3) is 2.93. The highest BCUT2D eigenvalue weighted by molar-refractivity contribution is 7.71. The Bertz CT molecular complexity index is 600. The molecule has 0 spiro atoms. The standard InChI is InChI=1S/C12H16N4OS2/c1-3-6-13-11(17)8(2)16-10(14-15-12(16)18)9-5-4-7-19-9/h4-5,7-8H,3,6H2,1-2H3,(H,13,17)(H,15,18)/t8-/m1/s1. The lowest BCUT2D eigenvalue weighted by atomic mass is 10.3. The van der Waals surface area contributed by atoms with Crippen molar-refractivity contribution in [2.75, 3.05) is 6.54 Å². The van der Waals surface area contributed by atoms with Crippen LogP contribution in [0.2, 0.25) is 0 Å². The number of aromatic amines is 1. The SMILES string of the molecule is CCCNC(=O)[C@@H](C)n1c(-c2cccs2)n[nH]c1=S. The van der Waals surface area contributed by atoms with Crippen molar-refractivity contribution >= 4 is 29.5 Å². The Morgan fingerprint density at radius 1 is 1.68 bits per heavy atom. The monoisotopic (exact) mass is 296 g/mol. The number of carbonyl (C=O) groups is 1. The molecule has 0 aromatic carbocycles. The fourth-order valence-corrected chi connectivity index (χ4v) is 2.76. The number of nitrogens with one attached hydrogen (secondary N) is 2. The Morgan fingerprint density at radius 2 is 2.47 bits per heavy atom. The summed E-state index contributed by atoms with van der Waals surface area (Å²) >= 11 is 6.79. The largest absolute Gasteiger partial charge is 0.354 e. The highest BCUT2D eigenvalue weighted by Crippen LogP contribution is 2.25. The van der Waals surface area contributed by atoms with Gasteiger partial charge in [-0.05, 0) is 37.0 Å². The predicted octanol–water partition coefficient (Wildman–Crippen LogP) is 2.76. The maximum absolute atomic E-state index is 12.1. The second-order valence-corrected chi connectivity index (χ2v) is 5.50. The van der Waals surface area contributed by atoms with Crippen molar-refractivity contribution in [2.24, 2.45) is 0 Å². The number of carbonyl (C=O) groups excluding carboxylic acids is 1. The minimum atomic E-state index is -0.380. The van der Waals surface area contributed by atoms with E-state index in [1.165, 1.54) is 0 Å². The van der Waals surface area contributed by atoms with Crippen LogP contribution < -0.4 is 5.32 Å². The maximum atomic E-state index is 12.1. The third-order valence-corrected chi connectivity index (χ3v) is 3.92. The number of hydrogen-bond donors (Lipinski definition) is 2. The first-order valence-corrected chi connectivity index (χ1v) is 7.42. The summed E-state index contributed by atoms with van der Waals surface area (Å²) in [5, 5.41) is 11.8. The van der Waals surface area contributed by atoms with Crippen LogP contribution in [-0.2, 0) is 4.79 Å². The number of hydrogen-bond acceptors (Lipinski definition) is 4. The van der Waals surface area contributed by atoms with Gasteiger partial charge in [0.1, 0.15) is 6.04 Å². The number of aromatic nitrogens is 3. The Morgan fingerprint density at radius 3 is 3.11 bits per heavy atom. The molecule has 0 aliphatic heterocycles.